The minimum absolute atomic E-state index is 0.0533. The Hall–Kier alpha value is -1.87. The molecule has 0 aliphatic carbocycles. The largest absolute Gasteiger partial charge is 0.461 e. The van der Waals surface area contributed by atoms with Crippen molar-refractivity contribution in [1.29, 1.82) is 0 Å². The van der Waals surface area contributed by atoms with Crippen LogP contribution in [0, 0.1) is 0 Å². The molecule has 0 atom stereocenters. The molecule has 0 aliphatic heterocycles. The van der Waals surface area contributed by atoms with Crippen LogP contribution in [0.5, 0.6) is 0 Å². The molecule has 0 amide bonds. The van der Waals surface area contributed by atoms with Gasteiger partial charge in [-0.15, -0.1) is 11.3 Å². The molecule has 3 aromatic rings. The third-order valence-electron chi connectivity index (χ3n) is 2.47. The lowest BCUT2D eigenvalue weighted by atomic mass is 10.1. The van der Waals surface area contributed by atoms with Gasteiger partial charge in [0, 0.05) is 21.0 Å². The van der Waals surface area contributed by atoms with Gasteiger partial charge in [-0.2, -0.15) is 0 Å². The molecule has 2 heterocycles. The minimum atomic E-state index is -0.0533. The highest BCUT2D eigenvalue weighted by molar-refractivity contribution is 7.17. The summed E-state index contributed by atoms with van der Waals surface area (Å²) in [6, 6.07) is 11.3. The van der Waals surface area contributed by atoms with Crippen LogP contribution < -0.4 is 0 Å². The average Bonchev–Trinajstić information content (AvgIpc) is 2.98. The molecule has 0 spiro atoms. The molecule has 2 aromatic heterocycles. The molecule has 0 aliphatic rings. The first-order valence-corrected chi connectivity index (χ1v) is 5.78. The van der Waals surface area contributed by atoms with Gasteiger partial charge in [-0.05, 0) is 18.2 Å². The van der Waals surface area contributed by atoms with Crippen molar-refractivity contribution in [3.8, 4) is 0 Å². The number of carbonyl (C=O) groups is 1. The number of benzene rings is 1. The highest BCUT2D eigenvalue weighted by Gasteiger charge is 2.15. The number of fused-ring (bicyclic) bond motifs is 1. The van der Waals surface area contributed by atoms with E-state index in [9.17, 15) is 4.79 Å². The zero-order valence-electron chi connectivity index (χ0n) is 8.34. The first kappa shape index (κ1) is 9.36. The van der Waals surface area contributed by atoms with E-state index in [1.54, 1.807) is 23.5 Å². The number of hydrogen-bond donors (Lipinski definition) is 0. The molecule has 16 heavy (non-hydrogen) atoms. The Kier molecular flexibility index (Phi) is 2.11. The first-order chi connectivity index (χ1) is 7.86. The SMILES string of the molecule is O=C(c1ccco1)c1csc2ccccc12. The number of furan rings is 1. The van der Waals surface area contributed by atoms with Crippen molar-refractivity contribution in [2.45, 2.75) is 0 Å². The van der Waals surface area contributed by atoms with Crippen molar-refractivity contribution in [2.75, 3.05) is 0 Å². The zero-order chi connectivity index (χ0) is 11.0. The maximum absolute atomic E-state index is 12.1. The molecule has 0 unspecified atom stereocenters. The van der Waals surface area contributed by atoms with E-state index in [-0.39, 0.29) is 5.78 Å². The van der Waals surface area contributed by atoms with E-state index in [1.807, 2.05) is 29.6 Å². The summed E-state index contributed by atoms with van der Waals surface area (Å²) < 4.78 is 6.25. The molecule has 0 radical (unpaired) electrons. The number of hydrogen-bond acceptors (Lipinski definition) is 3. The maximum Gasteiger partial charge on any atom is 0.229 e. The molecule has 78 valence electrons. The van der Waals surface area contributed by atoms with Crippen LogP contribution in [0.15, 0.2) is 52.5 Å². The van der Waals surface area contributed by atoms with Crippen LogP contribution in [0.4, 0.5) is 0 Å². The average molecular weight is 228 g/mol. The van der Waals surface area contributed by atoms with E-state index in [0.717, 1.165) is 15.6 Å². The second-order valence-corrected chi connectivity index (χ2v) is 4.36. The second-order valence-electron chi connectivity index (χ2n) is 3.45. The lowest BCUT2D eigenvalue weighted by Crippen LogP contribution is -1.97. The van der Waals surface area contributed by atoms with Crippen LogP contribution in [-0.4, -0.2) is 5.78 Å². The van der Waals surface area contributed by atoms with Gasteiger partial charge in [-0.1, -0.05) is 18.2 Å². The summed E-state index contributed by atoms with van der Waals surface area (Å²) in [7, 11) is 0. The van der Waals surface area contributed by atoms with Crippen molar-refractivity contribution in [3.63, 3.8) is 0 Å². The quantitative estimate of drug-likeness (QED) is 0.626. The monoisotopic (exact) mass is 228 g/mol. The maximum atomic E-state index is 12.1. The summed E-state index contributed by atoms with van der Waals surface area (Å²) in [4.78, 5) is 12.1. The lowest BCUT2D eigenvalue weighted by Gasteiger charge is -1.95. The van der Waals surface area contributed by atoms with Gasteiger partial charge in [0.25, 0.3) is 0 Å². The zero-order valence-corrected chi connectivity index (χ0v) is 9.16. The van der Waals surface area contributed by atoms with Crippen molar-refractivity contribution in [1.82, 2.24) is 0 Å². The predicted octanol–water partition coefficient (Wildman–Crippen LogP) is 3.73. The highest BCUT2D eigenvalue weighted by atomic mass is 32.1. The Morgan fingerprint density at radius 3 is 2.81 bits per heavy atom. The van der Waals surface area contributed by atoms with E-state index in [4.69, 9.17) is 4.42 Å². The number of rotatable bonds is 2. The third-order valence-corrected chi connectivity index (χ3v) is 3.43. The molecule has 3 heteroatoms. The normalized spacial score (nSPS) is 10.8. The summed E-state index contributed by atoms with van der Waals surface area (Å²) in [6.07, 6.45) is 1.52. The van der Waals surface area contributed by atoms with E-state index in [0.29, 0.717) is 5.76 Å². The summed E-state index contributed by atoms with van der Waals surface area (Å²) in [5.41, 5.74) is 0.718. The van der Waals surface area contributed by atoms with Crippen molar-refractivity contribution >= 4 is 27.2 Å². The molecule has 2 nitrogen and oxygen atoms in total. The second kappa shape index (κ2) is 3.61. The Bertz CT molecular complexity index is 635. The Balaban J connectivity index is 2.16. The number of ketones is 1. The van der Waals surface area contributed by atoms with Gasteiger partial charge >= 0.3 is 0 Å². The highest BCUT2D eigenvalue weighted by Crippen LogP contribution is 2.27. The minimum Gasteiger partial charge on any atom is -0.461 e. The van der Waals surface area contributed by atoms with Gasteiger partial charge in [0.2, 0.25) is 5.78 Å². The van der Waals surface area contributed by atoms with Crippen LogP contribution in [0.25, 0.3) is 10.1 Å². The van der Waals surface area contributed by atoms with Gasteiger partial charge in [-0.3, -0.25) is 4.79 Å². The number of carbonyl (C=O) groups excluding carboxylic acids is 1. The molecule has 0 saturated heterocycles. The molecule has 0 fully saturated rings. The summed E-state index contributed by atoms with van der Waals surface area (Å²) in [5.74, 6) is 0.339. The van der Waals surface area contributed by atoms with E-state index < -0.39 is 0 Å². The van der Waals surface area contributed by atoms with Gasteiger partial charge in [0.05, 0.1) is 6.26 Å². The molecular weight excluding hydrogens is 220 g/mol. The third kappa shape index (κ3) is 1.37. The van der Waals surface area contributed by atoms with Gasteiger partial charge in [0.15, 0.2) is 5.76 Å². The summed E-state index contributed by atoms with van der Waals surface area (Å²) in [6.45, 7) is 0. The fourth-order valence-corrected chi connectivity index (χ4v) is 2.64. The van der Waals surface area contributed by atoms with Gasteiger partial charge < -0.3 is 4.42 Å². The smallest absolute Gasteiger partial charge is 0.229 e. The van der Waals surface area contributed by atoms with Gasteiger partial charge in [0.1, 0.15) is 0 Å². The van der Waals surface area contributed by atoms with Crippen LogP contribution in [0.2, 0.25) is 0 Å². The molecule has 1 aromatic carbocycles. The van der Waals surface area contributed by atoms with Crippen LogP contribution in [-0.2, 0) is 0 Å². The Morgan fingerprint density at radius 2 is 2.00 bits per heavy atom. The Morgan fingerprint density at radius 1 is 1.12 bits per heavy atom. The molecule has 0 saturated carbocycles. The van der Waals surface area contributed by atoms with Crippen molar-refractivity contribution < 1.29 is 9.21 Å². The van der Waals surface area contributed by atoms with E-state index in [2.05, 4.69) is 0 Å². The molecule has 0 N–H and O–H groups in total. The Labute approximate surface area is 96.1 Å². The molecule has 0 bridgehead atoms. The number of thiophene rings is 1. The topological polar surface area (TPSA) is 30.2 Å². The van der Waals surface area contributed by atoms with Crippen molar-refractivity contribution in [3.05, 3.63) is 59.4 Å². The van der Waals surface area contributed by atoms with Crippen LogP contribution in [0.1, 0.15) is 16.1 Å². The van der Waals surface area contributed by atoms with Crippen LogP contribution >= 0.6 is 11.3 Å². The molecular formula is C13H8O2S. The lowest BCUT2D eigenvalue weighted by molar-refractivity contribution is 0.101. The standard InChI is InChI=1S/C13H8O2S/c14-13(11-5-3-7-15-11)10-8-16-12-6-2-1-4-9(10)12/h1-8H. The van der Waals surface area contributed by atoms with Crippen LogP contribution in [0.3, 0.4) is 0 Å². The van der Waals surface area contributed by atoms with Crippen molar-refractivity contribution in [2.24, 2.45) is 0 Å². The fraction of sp³-hybridized carbons (Fsp3) is 0. The fourth-order valence-electron chi connectivity index (χ4n) is 1.69. The predicted molar refractivity (Wildman–Crippen MR) is 64.0 cm³/mol. The van der Waals surface area contributed by atoms with Gasteiger partial charge in [-0.25, -0.2) is 0 Å². The van der Waals surface area contributed by atoms with E-state index >= 15 is 0 Å². The molecule has 3 rings (SSSR count). The van der Waals surface area contributed by atoms with E-state index in [1.165, 1.54) is 6.26 Å². The first-order valence-electron chi connectivity index (χ1n) is 4.91. The summed E-state index contributed by atoms with van der Waals surface area (Å²) in [5, 5.41) is 2.88. The summed E-state index contributed by atoms with van der Waals surface area (Å²) >= 11 is 1.58.